The van der Waals surface area contributed by atoms with Gasteiger partial charge in [0.25, 0.3) is 41.4 Å². The number of thiazole rings is 3. The molecule has 0 saturated heterocycles. The highest BCUT2D eigenvalue weighted by Crippen LogP contribution is 2.33. The summed E-state index contributed by atoms with van der Waals surface area (Å²) in [5.74, 6) is -6.60. The summed E-state index contributed by atoms with van der Waals surface area (Å²) in [7, 11) is 0. The van der Waals surface area contributed by atoms with Crippen molar-refractivity contribution in [2.45, 2.75) is 44.6 Å². The van der Waals surface area contributed by atoms with E-state index in [0.29, 0.717) is 10.0 Å². The molecule has 1 aliphatic heterocycles. The van der Waals surface area contributed by atoms with E-state index in [1.165, 1.54) is 47.0 Å². The maximum absolute atomic E-state index is 13.7. The smallest absolute Gasteiger partial charge is 0.275 e. The van der Waals surface area contributed by atoms with E-state index < -0.39 is 82.9 Å². The van der Waals surface area contributed by atoms with E-state index in [0.717, 1.165) is 46.5 Å². The number of amides is 8. The molecule has 0 fully saturated rings. The zero-order chi connectivity index (χ0) is 52.0. The van der Waals surface area contributed by atoms with Crippen LogP contribution in [0.2, 0.25) is 0 Å². The number of pyridine rings is 1. The molecule has 8 amide bonds. The van der Waals surface area contributed by atoms with Crippen LogP contribution in [0, 0.1) is 0 Å². The second-order valence-electron chi connectivity index (χ2n) is 15.2. The van der Waals surface area contributed by atoms with Crippen LogP contribution in [-0.4, -0.2) is 106 Å². The van der Waals surface area contributed by atoms with Crippen molar-refractivity contribution in [3.05, 3.63) is 122 Å². The maximum Gasteiger partial charge on any atom is 0.275 e. The molecule has 10 bridgehead atoms. The summed E-state index contributed by atoms with van der Waals surface area (Å²) in [5, 5.41) is 33.5. The van der Waals surface area contributed by atoms with Gasteiger partial charge in [0.2, 0.25) is 17.7 Å². The zero-order valence-electron chi connectivity index (χ0n) is 37.8. The summed E-state index contributed by atoms with van der Waals surface area (Å²) < 4.78 is 11.2. The largest absolute Gasteiger partial charge is 0.446 e. The predicted octanol–water partition coefficient (Wildman–Crippen LogP) is 1.95. The Hall–Kier alpha value is -8.25. The number of nitrogens with one attached hydrogen (secondary N) is 7. The lowest BCUT2D eigenvalue weighted by molar-refractivity contribution is -0.126. The number of thioether (sulfide) groups is 1. The number of aliphatic hydroxyl groups is 1. The van der Waals surface area contributed by atoms with Crippen LogP contribution in [0.1, 0.15) is 100 Å². The number of carbonyl (C=O) groups excluding carboxylic acids is 8. The SMILES string of the molecule is C=C(NC(=O)c1ccc2c(n1)-c1coc(n1)C(=C)NC(=O)C(=C)NC(=O)c1csc(n1)C(C)NC(=O)c1csc(n1)CNC(=O)c1coc(n1)C(CSC)NC(=O)[C@@H]([C@@H](C)O)NC(=O)c1csc-2n1)C(N)=O. The third kappa shape index (κ3) is 12.0. The third-order valence-electron chi connectivity index (χ3n) is 9.88. The van der Waals surface area contributed by atoms with Crippen LogP contribution in [-0.2, 0) is 20.9 Å². The fourth-order valence-electron chi connectivity index (χ4n) is 6.20. The number of hydrogen-bond donors (Lipinski definition) is 9. The van der Waals surface area contributed by atoms with Gasteiger partial charge in [-0.2, -0.15) is 11.8 Å². The summed E-state index contributed by atoms with van der Waals surface area (Å²) in [6.45, 7) is 13.7. The minimum absolute atomic E-state index is 0.0367. The van der Waals surface area contributed by atoms with Gasteiger partial charge in [0.1, 0.15) is 73.8 Å². The summed E-state index contributed by atoms with van der Waals surface area (Å²) in [4.78, 5) is 131. The second kappa shape index (κ2) is 22.2. The first kappa shape index (κ1) is 51.6. The van der Waals surface area contributed by atoms with Crippen molar-refractivity contribution < 1.29 is 52.3 Å². The number of oxazole rings is 2. The number of carbonyl (C=O) groups is 8. The van der Waals surface area contributed by atoms with Crippen molar-refractivity contribution in [3.8, 4) is 22.0 Å². The Bertz CT molecular complexity index is 3190. The first-order chi connectivity index (χ1) is 34.3. The van der Waals surface area contributed by atoms with Gasteiger partial charge in [0.05, 0.1) is 35.8 Å². The zero-order valence-corrected chi connectivity index (χ0v) is 41.1. The molecule has 0 saturated carbocycles. The van der Waals surface area contributed by atoms with Crippen LogP contribution in [0.5, 0.6) is 0 Å². The van der Waals surface area contributed by atoms with Crippen molar-refractivity contribution in [2.75, 3.05) is 12.0 Å². The molecule has 2 unspecified atom stereocenters. The van der Waals surface area contributed by atoms with E-state index in [2.05, 4.69) is 86.9 Å². The van der Waals surface area contributed by atoms with Gasteiger partial charge in [-0.3, -0.25) is 38.4 Å². The third-order valence-corrected chi connectivity index (χ3v) is 13.3. The van der Waals surface area contributed by atoms with Gasteiger partial charge >= 0.3 is 0 Å². The summed E-state index contributed by atoms with van der Waals surface area (Å²) in [6.07, 6.45) is 2.53. The molecule has 6 aromatic rings. The molecular weight excluding hydrogens is 1020 g/mol. The van der Waals surface area contributed by atoms with Gasteiger partial charge in [0.15, 0.2) is 5.69 Å². The van der Waals surface area contributed by atoms with Crippen molar-refractivity contribution in [2.24, 2.45) is 5.73 Å². The van der Waals surface area contributed by atoms with Gasteiger partial charge in [0, 0.05) is 27.5 Å². The molecule has 372 valence electrons. The van der Waals surface area contributed by atoms with Crippen molar-refractivity contribution in [3.63, 3.8) is 0 Å². The van der Waals surface area contributed by atoms with Gasteiger partial charge in [-0.05, 0) is 32.2 Å². The Labute approximate surface area is 422 Å². The Morgan fingerprint density at radius 2 is 1.50 bits per heavy atom. The topological polar surface area (TPSA) is 371 Å². The number of primary amides is 1. The van der Waals surface area contributed by atoms with Crippen LogP contribution in [0.25, 0.3) is 27.7 Å². The van der Waals surface area contributed by atoms with Crippen LogP contribution in [0.15, 0.2) is 80.8 Å². The van der Waals surface area contributed by atoms with Gasteiger partial charge in [-0.25, -0.2) is 29.9 Å². The molecular formula is C43H40N14O11S4. The van der Waals surface area contributed by atoms with E-state index in [4.69, 9.17) is 14.6 Å². The number of hydrogen-bond acceptors (Lipinski definition) is 21. The van der Waals surface area contributed by atoms with Crippen LogP contribution in [0.4, 0.5) is 0 Å². The lowest BCUT2D eigenvalue weighted by Crippen LogP contribution is -2.53. The summed E-state index contributed by atoms with van der Waals surface area (Å²) >= 11 is 4.45. The van der Waals surface area contributed by atoms with E-state index in [-0.39, 0.29) is 80.2 Å². The molecule has 29 heteroatoms. The highest BCUT2D eigenvalue weighted by molar-refractivity contribution is 7.98. The second-order valence-corrected chi connectivity index (χ2v) is 18.8. The average Bonchev–Trinajstić information content (AvgIpc) is 4.21. The van der Waals surface area contributed by atoms with E-state index in [1.54, 1.807) is 13.2 Å². The van der Waals surface area contributed by atoms with Crippen molar-refractivity contribution in [1.29, 1.82) is 0 Å². The summed E-state index contributed by atoms with van der Waals surface area (Å²) in [5.41, 5.74) is 3.72. The monoisotopic (exact) mass is 1060 g/mol. The van der Waals surface area contributed by atoms with Crippen LogP contribution in [0.3, 0.4) is 0 Å². The molecule has 0 aromatic carbocycles. The van der Waals surface area contributed by atoms with Crippen molar-refractivity contribution >= 4 is 98.7 Å². The number of rotatable bonds is 6. The molecule has 1 aliphatic rings. The fourth-order valence-corrected chi connectivity index (χ4v) is 9.11. The molecule has 72 heavy (non-hydrogen) atoms. The van der Waals surface area contributed by atoms with E-state index >= 15 is 0 Å². The Morgan fingerprint density at radius 3 is 2.24 bits per heavy atom. The molecule has 25 nitrogen and oxygen atoms in total. The summed E-state index contributed by atoms with van der Waals surface area (Å²) in [6, 6.07) is -0.454. The van der Waals surface area contributed by atoms with Gasteiger partial charge < -0.3 is 56.9 Å². The molecule has 0 aliphatic carbocycles. The average molecular weight is 1060 g/mol. The number of aromatic nitrogens is 6. The number of fused-ring (bicyclic) bond motifs is 13. The first-order valence-electron chi connectivity index (χ1n) is 20.8. The quantitative estimate of drug-likeness (QED) is 0.108. The highest BCUT2D eigenvalue weighted by Gasteiger charge is 2.32. The fraction of sp³-hybridized carbons (Fsp3) is 0.209. The number of nitrogens with two attached hydrogens (primary N) is 1. The lowest BCUT2D eigenvalue weighted by atomic mass is 10.1. The van der Waals surface area contributed by atoms with Crippen LogP contribution < -0.4 is 43.0 Å². The molecule has 10 N–H and O–H groups in total. The normalized spacial score (nSPS) is 17.9. The number of aliphatic hydroxyl groups excluding tert-OH is 1. The van der Waals surface area contributed by atoms with Crippen LogP contribution >= 0.6 is 45.8 Å². The molecule has 7 heterocycles. The number of nitrogens with zero attached hydrogens (tertiary/aromatic N) is 6. The minimum Gasteiger partial charge on any atom is -0.446 e. The van der Waals surface area contributed by atoms with E-state index in [1.807, 2.05) is 0 Å². The molecule has 4 atom stereocenters. The lowest BCUT2D eigenvalue weighted by Gasteiger charge is -2.23. The molecule has 7 rings (SSSR count). The minimum atomic E-state index is -1.54. The molecule has 6 aromatic heterocycles. The van der Waals surface area contributed by atoms with E-state index in [9.17, 15) is 43.5 Å². The first-order valence-corrected chi connectivity index (χ1v) is 24.8. The molecule has 0 radical (unpaired) electrons. The Morgan fingerprint density at radius 1 is 0.819 bits per heavy atom. The standard InChI is InChI=1S/C43H40N14O11S4/c1-16(32(44)59)46-35(62)22-8-7-21-31(51-22)23-10-67-40(53-23)18(3)48-33(60)17(2)47-37(64)26-14-71-42(55-26)19(4)49-36(63)25-13-70-29(50-25)9-45-34(61)24-11-68-41(54-24)28(12-69-6)52-39(66)30(20(5)58)57-38(65)27-15-72-43(21)56-27/h7-8,10-11,13-15,19-20,28,30,58H,1-3,9,12H2,4-6H3,(H2,44,59)(H,45,61)(H,46,62)(H,47,64)(H,48,60)(H,49,63)(H,52,66)(H,57,65)/t19?,20-,28?,30-/m1/s1. The predicted molar refractivity (Wildman–Crippen MR) is 260 cm³/mol. The Kier molecular flexibility index (Phi) is 15.9. The van der Waals surface area contributed by atoms with Gasteiger partial charge in [-0.1, -0.05) is 19.7 Å². The maximum atomic E-state index is 13.7. The van der Waals surface area contributed by atoms with Gasteiger partial charge in [-0.15, -0.1) is 34.0 Å². The Balaban J connectivity index is 1.20. The molecule has 0 spiro atoms. The van der Waals surface area contributed by atoms with Crippen molar-refractivity contribution in [1.82, 2.24) is 67.1 Å². The highest BCUT2D eigenvalue weighted by atomic mass is 32.2.